The molecule has 1 aliphatic heterocycles. The lowest BCUT2D eigenvalue weighted by atomic mass is 10.0. The van der Waals surface area contributed by atoms with Crippen LogP contribution in [0.5, 0.6) is 0 Å². The van der Waals surface area contributed by atoms with Crippen molar-refractivity contribution >= 4 is 17.5 Å². The second-order valence-corrected chi connectivity index (χ2v) is 6.51. The van der Waals surface area contributed by atoms with Crippen LogP contribution in [0.25, 0.3) is 0 Å². The molecule has 1 saturated heterocycles. The fraction of sp³-hybridized carbons (Fsp3) is 0.389. The zero-order chi connectivity index (χ0) is 17.1. The maximum absolute atomic E-state index is 12.1. The minimum Gasteiger partial charge on any atom is -0.351 e. The van der Waals surface area contributed by atoms with E-state index in [2.05, 4.69) is 39.6 Å². The number of aryl methyl sites for hydroxylation is 1. The molecule has 1 fully saturated rings. The molecular weight excluding hydrogens is 302 g/mol. The highest BCUT2D eigenvalue weighted by Crippen LogP contribution is 2.19. The van der Waals surface area contributed by atoms with Gasteiger partial charge in [0.25, 0.3) is 0 Å². The van der Waals surface area contributed by atoms with Crippen molar-refractivity contribution in [2.45, 2.75) is 32.7 Å². The molecule has 24 heavy (non-hydrogen) atoms. The summed E-state index contributed by atoms with van der Waals surface area (Å²) in [5.74, 6) is 1.34. The van der Waals surface area contributed by atoms with Crippen molar-refractivity contribution in [2.24, 2.45) is 0 Å². The molecule has 0 spiro atoms. The lowest BCUT2D eigenvalue weighted by Crippen LogP contribution is -2.60. The van der Waals surface area contributed by atoms with Crippen LogP contribution in [0.15, 0.2) is 36.4 Å². The van der Waals surface area contributed by atoms with E-state index in [0.29, 0.717) is 5.92 Å². The van der Waals surface area contributed by atoms with Crippen molar-refractivity contribution in [2.75, 3.05) is 23.3 Å². The van der Waals surface area contributed by atoms with Crippen LogP contribution in [0, 0.1) is 6.92 Å². The smallest absolute Gasteiger partial charge is 0.319 e. The van der Waals surface area contributed by atoms with E-state index in [-0.39, 0.29) is 12.1 Å². The van der Waals surface area contributed by atoms with Crippen LogP contribution in [-0.2, 0) is 0 Å². The van der Waals surface area contributed by atoms with Crippen molar-refractivity contribution in [3.63, 3.8) is 0 Å². The van der Waals surface area contributed by atoms with Crippen LogP contribution >= 0.6 is 0 Å². The molecule has 0 aliphatic carbocycles. The monoisotopic (exact) mass is 325 g/mol. The average molecular weight is 325 g/mol. The van der Waals surface area contributed by atoms with E-state index in [9.17, 15) is 4.79 Å². The molecule has 0 unspecified atom stereocenters. The topological polar surface area (TPSA) is 70.2 Å². The SMILES string of the molecule is Cc1ccc(N2CC(NC(=O)Nc3ccc(C(C)C)cc3)C2)nn1. The Hall–Kier alpha value is -2.63. The van der Waals surface area contributed by atoms with E-state index in [1.807, 2.05) is 43.3 Å². The summed E-state index contributed by atoms with van der Waals surface area (Å²) >= 11 is 0. The third-order valence-electron chi connectivity index (χ3n) is 4.16. The maximum atomic E-state index is 12.1. The van der Waals surface area contributed by atoms with Crippen LogP contribution in [0.1, 0.15) is 31.0 Å². The highest BCUT2D eigenvalue weighted by Gasteiger charge is 2.29. The van der Waals surface area contributed by atoms with E-state index >= 15 is 0 Å². The fourth-order valence-electron chi connectivity index (χ4n) is 2.62. The summed E-state index contributed by atoms with van der Waals surface area (Å²) < 4.78 is 0. The largest absolute Gasteiger partial charge is 0.351 e. The Bertz CT molecular complexity index is 690. The van der Waals surface area contributed by atoms with Gasteiger partial charge in [-0.05, 0) is 42.7 Å². The van der Waals surface area contributed by atoms with Gasteiger partial charge >= 0.3 is 6.03 Å². The molecule has 2 amide bonds. The number of urea groups is 1. The van der Waals surface area contributed by atoms with E-state index in [0.717, 1.165) is 30.3 Å². The Morgan fingerprint density at radius 1 is 1.12 bits per heavy atom. The summed E-state index contributed by atoms with van der Waals surface area (Å²) in [5, 5.41) is 14.0. The lowest BCUT2D eigenvalue weighted by molar-refractivity contribution is 0.245. The first-order chi connectivity index (χ1) is 11.5. The van der Waals surface area contributed by atoms with Crippen LogP contribution < -0.4 is 15.5 Å². The first-order valence-corrected chi connectivity index (χ1v) is 8.24. The predicted octanol–water partition coefficient (Wildman–Crippen LogP) is 2.92. The summed E-state index contributed by atoms with van der Waals surface area (Å²) in [7, 11) is 0. The fourth-order valence-corrected chi connectivity index (χ4v) is 2.62. The molecular formula is C18H23N5O. The maximum Gasteiger partial charge on any atom is 0.319 e. The average Bonchev–Trinajstić information content (AvgIpc) is 2.52. The van der Waals surface area contributed by atoms with E-state index in [1.54, 1.807) is 0 Å². The van der Waals surface area contributed by atoms with E-state index in [1.165, 1.54) is 5.56 Å². The van der Waals surface area contributed by atoms with E-state index < -0.39 is 0 Å². The first-order valence-electron chi connectivity index (χ1n) is 8.24. The Morgan fingerprint density at radius 2 is 1.83 bits per heavy atom. The van der Waals surface area contributed by atoms with Crippen molar-refractivity contribution in [1.82, 2.24) is 15.5 Å². The van der Waals surface area contributed by atoms with Crippen molar-refractivity contribution in [1.29, 1.82) is 0 Å². The Kier molecular flexibility index (Phi) is 4.64. The summed E-state index contributed by atoms with van der Waals surface area (Å²) in [5.41, 5.74) is 2.96. The summed E-state index contributed by atoms with van der Waals surface area (Å²) in [6.07, 6.45) is 0. The molecule has 2 aromatic rings. The summed E-state index contributed by atoms with van der Waals surface area (Å²) in [6, 6.07) is 11.8. The molecule has 0 bridgehead atoms. The number of hydrogen-bond acceptors (Lipinski definition) is 4. The standard InChI is InChI=1S/C18H23N5O/c1-12(2)14-5-7-15(8-6-14)19-18(24)20-16-10-23(11-16)17-9-4-13(3)21-22-17/h4-9,12,16H,10-11H2,1-3H3,(H2,19,20,24). The van der Waals surface area contributed by atoms with Gasteiger partial charge in [0.05, 0.1) is 11.7 Å². The van der Waals surface area contributed by atoms with Gasteiger partial charge in [-0.15, -0.1) is 5.10 Å². The molecule has 3 rings (SSSR count). The second kappa shape index (κ2) is 6.86. The number of amides is 2. The number of anilines is 2. The zero-order valence-electron chi connectivity index (χ0n) is 14.3. The second-order valence-electron chi connectivity index (χ2n) is 6.51. The van der Waals surface area contributed by atoms with Gasteiger partial charge in [-0.25, -0.2) is 4.79 Å². The Labute approximate surface area is 142 Å². The van der Waals surface area contributed by atoms with Gasteiger partial charge in [0.2, 0.25) is 0 Å². The minimum atomic E-state index is -0.174. The number of rotatable bonds is 4. The van der Waals surface area contributed by atoms with Gasteiger partial charge in [0.1, 0.15) is 0 Å². The van der Waals surface area contributed by atoms with Crippen molar-refractivity contribution < 1.29 is 4.79 Å². The van der Waals surface area contributed by atoms with Crippen LogP contribution in [-0.4, -0.2) is 35.4 Å². The molecule has 0 atom stereocenters. The van der Waals surface area contributed by atoms with Gasteiger partial charge in [-0.3, -0.25) is 0 Å². The summed E-state index contributed by atoms with van der Waals surface area (Å²) in [4.78, 5) is 14.1. The Morgan fingerprint density at radius 3 is 2.42 bits per heavy atom. The molecule has 2 heterocycles. The minimum absolute atomic E-state index is 0.128. The number of nitrogens with zero attached hydrogens (tertiary/aromatic N) is 3. The van der Waals surface area contributed by atoms with Crippen LogP contribution in [0.4, 0.5) is 16.3 Å². The van der Waals surface area contributed by atoms with Gasteiger partial charge in [-0.2, -0.15) is 5.10 Å². The molecule has 0 saturated carbocycles. The van der Waals surface area contributed by atoms with Gasteiger partial charge in [0, 0.05) is 18.8 Å². The molecule has 126 valence electrons. The summed E-state index contributed by atoms with van der Waals surface area (Å²) in [6.45, 7) is 7.70. The number of aromatic nitrogens is 2. The molecule has 0 radical (unpaired) electrons. The normalized spacial score (nSPS) is 14.4. The molecule has 1 aromatic carbocycles. The molecule has 1 aliphatic rings. The Balaban J connectivity index is 1.46. The molecule has 6 heteroatoms. The molecule has 2 N–H and O–H groups in total. The van der Waals surface area contributed by atoms with Gasteiger partial charge in [-0.1, -0.05) is 26.0 Å². The van der Waals surface area contributed by atoms with Gasteiger partial charge < -0.3 is 15.5 Å². The quantitative estimate of drug-likeness (QED) is 0.907. The van der Waals surface area contributed by atoms with E-state index in [4.69, 9.17) is 0 Å². The van der Waals surface area contributed by atoms with Crippen molar-refractivity contribution in [3.05, 3.63) is 47.7 Å². The van der Waals surface area contributed by atoms with Crippen LogP contribution in [0.3, 0.4) is 0 Å². The lowest BCUT2D eigenvalue weighted by Gasteiger charge is -2.40. The highest BCUT2D eigenvalue weighted by molar-refractivity contribution is 5.89. The molecule has 6 nitrogen and oxygen atoms in total. The van der Waals surface area contributed by atoms with Crippen molar-refractivity contribution in [3.8, 4) is 0 Å². The number of hydrogen-bond donors (Lipinski definition) is 2. The molecule has 1 aromatic heterocycles. The third kappa shape index (κ3) is 3.82. The third-order valence-corrected chi connectivity index (χ3v) is 4.16. The van der Waals surface area contributed by atoms with Gasteiger partial charge in [0.15, 0.2) is 5.82 Å². The van der Waals surface area contributed by atoms with Crippen LogP contribution in [0.2, 0.25) is 0 Å². The number of benzene rings is 1. The number of nitrogens with one attached hydrogen (secondary N) is 2. The number of carbonyl (C=O) groups excluding carboxylic acids is 1. The zero-order valence-corrected chi connectivity index (χ0v) is 14.3. The predicted molar refractivity (Wildman–Crippen MR) is 95.5 cm³/mol. The first kappa shape index (κ1) is 16.2. The number of carbonyl (C=O) groups is 1. The highest BCUT2D eigenvalue weighted by atomic mass is 16.2.